The predicted molar refractivity (Wildman–Crippen MR) is 127 cm³/mol. The van der Waals surface area contributed by atoms with Crippen LogP contribution < -0.4 is 15.2 Å². The zero-order valence-corrected chi connectivity index (χ0v) is 18.7. The lowest BCUT2D eigenvalue weighted by Crippen LogP contribution is -2.58. The Morgan fingerprint density at radius 3 is 2.62 bits per heavy atom. The normalized spacial score (nSPS) is 20.6. The van der Waals surface area contributed by atoms with Gasteiger partial charge in [0.2, 0.25) is 5.43 Å². The molecule has 2 aliphatic heterocycles. The Morgan fingerprint density at radius 1 is 1.06 bits per heavy atom. The molecule has 8 heteroatoms. The summed E-state index contributed by atoms with van der Waals surface area (Å²) in [5, 5.41) is 12.7. The number of para-hydroxylation sites is 1. The summed E-state index contributed by atoms with van der Waals surface area (Å²) in [6.07, 6.45) is 5.25. The maximum atomic E-state index is 13.6. The fourth-order valence-electron chi connectivity index (χ4n) is 4.57. The first-order chi connectivity index (χ1) is 16.6. The highest BCUT2D eigenvalue weighted by atomic mass is 16.5. The minimum Gasteiger partial charge on any atom is -0.502 e. The molecule has 2 aromatic carbocycles. The van der Waals surface area contributed by atoms with Crippen LogP contribution in [0.15, 0.2) is 83.8 Å². The van der Waals surface area contributed by atoms with E-state index in [1.165, 1.54) is 12.3 Å². The second-order valence-corrected chi connectivity index (χ2v) is 8.19. The number of aromatic nitrogens is 1. The number of fused-ring (bicyclic) bond motifs is 5. The molecule has 8 nitrogen and oxygen atoms in total. The molecule has 0 aliphatic carbocycles. The van der Waals surface area contributed by atoms with E-state index in [4.69, 9.17) is 9.47 Å². The van der Waals surface area contributed by atoms with E-state index in [0.717, 1.165) is 11.1 Å². The largest absolute Gasteiger partial charge is 0.502 e. The van der Waals surface area contributed by atoms with Crippen molar-refractivity contribution in [3.63, 3.8) is 0 Å². The van der Waals surface area contributed by atoms with Crippen LogP contribution in [0.4, 0.5) is 0 Å². The second-order valence-electron chi connectivity index (χ2n) is 8.19. The molecular formula is C26H25N3O5. The van der Waals surface area contributed by atoms with E-state index in [9.17, 15) is 14.7 Å². The predicted octanol–water partition coefficient (Wildman–Crippen LogP) is 2.66. The minimum absolute atomic E-state index is 0.0770. The molecule has 2 bridgehead atoms. The van der Waals surface area contributed by atoms with Crippen molar-refractivity contribution in [3.05, 3.63) is 106 Å². The standard InChI is InChI=1S/C26H25N3O5/c1-33-16-19-10-7-15-34-22-12-6-5-11-20(22)23(18-8-3-2-4-9-18)29-17-27(19)26(32)24-25(31)21(30)13-14-28(24)29/h2-14,19,23,31H,15-17H2,1H3/b10-7+/t19-,23-/m1/s1. The highest BCUT2D eigenvalue weighted by molar-refractivity contribution is 5.96. The molecule has 0 saturated carbocycles. The Labute approximate surface area is 196 Å². The van der Waals surface area contributed by atoms with E-state index in [0.29, 0.717) is 12.4 Å². The van der Waals surface area contributed by atoms with Gasteiger partial charge in [-0.2, -0.15) is 0 Å². The molecule has 3 heterocycles. The van der Waals surface area contributed by atoms with Crippen molar-refractivity contribution in [2.45, 2.75) is 12.1 Å². The van der Waals surface area contributed by atoms with Crippen molar-refractivity contribution in [2.24, 2.45) is 0 Å². The number of hydrogen-bond donors (Lipinski definition) is 1. The summed E-state index contributed by atoms with van der Waals surface area (Å²) in [7, 11) is 1.57. The monoisotopic (exact) mass is 459 g/mol. The van der Waals surface area contributed by atoms with Crippen molar-refractivity contribution >= 4 is 5.91 Å². The molecule has 2 atom stereocenters. The zero-order chi connectivity index (χ0) is 23.7. The summed E-state index contributed by atoms with van der Waals surface area (Å²) in [6.45, 7) is 0.758. The van der Waals surface area contributed by atoms with Crippen LogP contribution in [-0.2, 0) is 4.74 Å². The van der Waals surface area contributed by atoms with Crippen LogP contribution in [0.25, 0.3) is 0 Å². The van der Waals surface area contributed by atoms with Crippen LogP contribution in [-0.4, -0.2) is 53.6 Å². The summed E-state index contributed by atoms with van der Waals surface area (Å²) >= 11 is 0. The highest BCUT2D eigenvalue weighted by Gasteiger charge is 2.39. The smallest absolute Gasteiger partial charge is 0.278 e. The molecule has 0 unspecified atom stereocenters. The molecule has 3 aromatic rings. The average molecular weight is 460 g/mol. The average Bonchev–Trinajstić information content (AvgIpc) is 2.88. The van der Waals surface area contributed by atoms with E-state index in [1.54, 1.807) is 16.7 Å². The van der Waals surface area contributed by atoms with Gasteiger partial charge >= 0.3 is 0 Å². The van der Waals surface area contributed by atoms with Gasteiger partial charge in [0.05, 0.1) is 12.6 Å². The quantitative estimate of drug-likeness (QED) is 0.607. The molecule has 5 rings (SSSR count). The third-order valence-electron chi connectivity index (χ3n) is 6.15. The van der Waals surface area contributed by atoms with Gasteiger partial charge in [0.15, 0.2) is 11.4 Å². The number of pyridine rings is 1. The number of rotatable bonds is 3. The van der Waals surface area contributed by atoms with Gasteiger partial charge in [-0.15, -0.1) is 0 Å². The molecule has 1 amide bonds. The van der Waals surface area contributed by atoms with E-state index >= 15 is 0 Å². The van der Waals surface area contributed by atoms with Crippen molar-refractivity contribution in [1.29, 1.82) is 0 Å². The van der Waals surface area contributed by atoms with Gasteiger partial charge in [0.25, 0.3) is 5.91 Å². The third-order valence-corrected chi connectivity index (χ3v) is 6.15. The number of hydrogen-bond acceptors (Lipinski definition) is 6. The van der Waals surface area contributed by atoms with Crippen molar-refractivity contribution in [1.82, 2.24) is 9.58 Å². The number of nitrogens with zero attached hydrogens (tertiary/aromatic N) is 3. The summed E-state index contributed by atoms with van der Waals surface area (Å²) in [5.74, 6) is -0.312. The van der Waals surface area contributed by atoms with E-state index < -0.39 is 23.1 Å². The summed E-state index contributed by atoms with van der Waals surface area (Å²) in [4.78, 5) is 27.5. The Hall–Kier alpha value is -4.04. The molecule has 2 aliphatic rings. The highest BCUT2D eigenvalue weighted by Crippen LogP contribution is 2.37. The Balaban J connectivity index is 1.80. The van der Waals surface area contributed by atoms with E-state index in [1.807, 2.05) is 71.8 Å². The van der Waals surface area contributed by atoms with Crippen LogP contribution in [0.2, 0.25) is 0 Å². The number of carbonyl (C=O) groups is 1. The van der Waals surface area contributed by atoms with Gasteiger partial charge in [0, 0.05) is 24.9 Å². The Morgan fingerprint density at radius 2 is 1.82 bits per heavy atom. The molecule has 1 N–H and O–H groups in total. The van der Waals surface area contributed by atoms with Crippen LogP contribution in [0.3, 0.4) is 0 Å². The lowest BCUT2D eigenvalue weighted by molar-refractivity contribution is 0.0518. The molecule has 34 heavy (non-hydrogen) atoms. The van der Waals surface area contributed by atoms with Crippen LogP contribution in [0, 0.1) is 0 Å². The first-order valence-electron chi connectivity index (χ1n) is 11.0. The topological polar surface area (TPSA) is 84.2 Å². The summed E-state index contributed by atoms with van der Waals surface area (Å²) < 4.78 is 13.1. The zero-order valence-electron chi connectivity index (χ0n) is 18.7. The molecule has 1 aromatic heterocycles. The van der Waals surface area contributed by atoms with Gasteiger partial charge in [-0.3, -0.25) is 19.3 Å². The van der Waals surface area contributed by atoms with Gasteiger partial charge in [0.1, 0.15) is 25.1 Å². The minimum atomic E-state index is -0.607. The van der Waals surface area contributed by atoms with Gasteiger partial charge in [-0.25, -0.2) is 0 Å². The van der Waals surface area contributed by atoms with Crippen LogP contribution >= 0.6 is 0 Å². The number of benzene rings is 2. The number of aromatic hydroxyl groups is 1. The van der Waals surface area contributed by atoms with Crippen molar-refractivity contribution in [2.75, 3.05) is 32.0 Å². The first kappa shape index (κ1) is 21.8. The number of methoxy groups -OCH3 is 1. The van der Waals surface area contributed by atoms with Crippen molar-refractivity contribution in [3.8, 4) is 11.5 Å². The second kappa shape index (κ2) is 9.07. The molecular weight excluding hydrogens is 434 g/mol. The fourth-order valence-corrected chi connectivity index (χ4v) is 4.57. The maximum absolute atomic E-state index is 13.6. The van der Waals surface area contributed by atoms with Crippen LogP contribution in [0.1, 0.15) is 27.7 Å². The fraction of sp³-hybridized carbons (Fsp3) is 0.231. The molecule has 0 spiro atoms. The number of ether oxygens (including phenoxy) is 2. The van der Waals surface area contributed by atoms with E-state index in [-0.39, 0.29) is 25.0 Å². The third kappa shape index (κ3) is 3.72. The van der Waals surface area contributed by atoms with Crippen LogP contribution in [0.5, 0.6) is 11.5 Å². The van der Waals surface area contributed by atoms with Gasteiger partial charge < -0.3 is 19.5 Å². The van der Waals surface area contributed by atoms with Gasteiger partial charge in [-0.1, -0.05) is 54.6 Å². The maximum Gasteiger partial charge on any atom is 0.278 e. The Bertz CT molecular complexity index is 1290. The lowest BCUT2D eigenvalue weighted by atomic mass is 9.97. The van der Waals surface area contributed by atoms with Crippen molar-refractivity contribution < 1.29 is 19.4 Å². The lowest BCUT2D eigenvalue weighted by Gasteiger charge is -2.45. The molecule has 0 saturated heterocycles. The molecule has 0 fully saturated rings. The molecule has 174 valence electrons. The number of amides is 1. The summed E-state index contributed by atoms with van der Waals surface area (Å²) in [6, 6.07) is 18.1. The number of carbonyl (C=O) groups excluding carboxylic acids is 1. The Kier molecular flexibility index (Phi) is 5.81. The SMILES string of the molecule is COC[C@H]1/C=C/COc2ccccc2[C@@H](c2ccccc2)N2CN1C(=O)c1c(O)c(=O)ccn12. The first-order valence-corrected chi connectivity index (χ1v) is 11.0. The van der Waals surface area contributed by atoms with E-state index in [2.05, 4.69) is 0 Å². The summed E-state index contributed by atoms with van der Waals surface area (Å²) in [5.41, 5.74) is 1.18. The van der Waals surface area contributed by atoms with Gasteiger partial charge in [-0.05, 0) is 17.7 Å². The molecule has 0 radical (unpaired) electrons.